The van der Waals surface area contributed by atoms with Crippen LogP contribution < -0.4 is 5.32 Å². The van der Waals surface area contributed by atoms with Gasteiger partial charge in [0.05, 0.1) is 0 Å². The molecule has 2 atom stereocenters. The van der Waals surface area contributed by atoms with Gasteiger partial charge in [-0.05, 0) is 43.4 Å². The molecule has 0 bridgehead atoms. The fraction of sp³-hybridized carbons (Fsp3) is 0.500. The van der Waals surface area contributed by atoms with Crippen LogP contribution in [0, 0.1) is 12.8 Å². The van der Waals surface area contributed by atoms with Gasteiger partial charge in [0.1, 0.15) is 0 Å². The van der Waals surface area contributed by atoms with Gasteiger partial charge in [-0.15, -0.1) is 0 Å². The van der Waals surface area contributed by atoms with Crippen molar-refractivity contribution in [2.75, 3.05) is 6.54 Å². The molecule has 0 aliphatic heterocycles. The molecule has 98 valence electrons. The molecule has 4 heteroatoms. The van der Waals surface area contributed by atoms with Gasteiger partial charge in [-0.3, -0.25) is 4.79 Å². The first-order chi connectivity index (χ1) is 8.59. The Morgan fingerprint density at radius 2 is 2.22 bits per heavy atom. The molecule has 2 nitrogen and oxygen atoms in total. The van der Waals surface area contributed by atoms with Crippen LogP contribution in [0.1, 0.15) is 35.2 Å². The minimum atomic E-state index is 0.0281. The maximum atomic E-state index is 12.1. The predicted octanol–water partition coefficient (Wildman–Crippen LogP) is 4.05. The third kappa shape index (κ3) is 3.15. The second-order valence-electron chi connectivity index (χ2n) is 4.83. The molecule has 18 heavy (non-hydrogen) atoms. The Balaban J connectivity index is 1.97. The van der Waals surface area contributed by atoms with Crippen LogP contribution in [0.15, 0.2) is 22.7 Å². The highest BCUT2D eigenvalue weighted by Crippen LogP contribution is 2.31. The normalized spacial score (nSPS) is 23.1. The van der Waals surface area contributed by atoms with E-state index in [4.69, 9.17) is 0 Å². The van der Waals surface area contributed by atoms with E-state index >= 15 is 0 Å². The molecule has 1 amide bonds. The molecule has 0 heterocycles. The molecule has 1 aliphatic carbocycles. The Morgan fingerprint density at radius 3 is 2.89 bits per heavy atom. The van der Waals surface area contributed by atoms with Gasteiger partial charge < -0.3 is 5.32 Å². The number of alkyl halides is 1. The Kier molecular flexibility index (Phi) is 4.84. The van der Waals surface area contributed by atoms with Crippen LogP contribution in [0.25, 0.3) is 0 Å². The lowest BCUT2D eigenvalue weighted by Crippen LogP contribution is -2.31. The van der Waals surface area contributed by atoms with Gasteiger partial charge in [0, 0.05) is 21.4 Å². The Labute approximate surface area is 125 Å². The van der Waals surface area contributed by atoms with Gasteiger partial charge in [-0.1, -0.05) is 44.3 Å². The molecule has 1 aromatic carbocycles. The number of hydrogen-bond donors (Lipinski definition) is 1. The van der Waals surface area contributed by atoms with Gasteiger partial charge in [0.25, 0.3) is 5.91 Å². The van der Waals surface area contributed by atoms with E-state index in [0.717, 1.165) is 22.1 Å². The van der Waals surface area contributed by atoms with Gasteiger partial charge in [0.15, 0.2) is 0 Å². The van der Waals surface area contributed by atoms with Crippen molar-refractivity contribution < 1.29 is 4.79 Å². The van der Waals surface area contributed by atoms with Gasteiger partial charge in [0.2, 0.25) is 0 Å². The molecule has 1 aromatic rings. The predicted molar refractivity (Wildman–Crippen MR) is 81.3 cm³/mol. The smallest absolute Gasteiger partial charge is 0.251 e. The number of hydrogen-bond acceptors (Lipinski definition) is 1. The molecule has 0 saturated heterocycles. The molecule has 1 aliphatic rings. The second kappa shape index (κ2) is 6.20. The number of carbonyl (C=O) groups excluding carboxylic acids is 1. The molecule has 1 saturated carbocycles. The molecular weight excluding hydrogens is 358 g/mol. The van der Waals surface area contributed by atoms with E-state index in [1.54, 1.807) is 0 Å². The summed E-state index contributed by atoms with van der Waals surface area (Å²) in [5, 5.41) is 3.05. The summed E-state index contributed by atoms with van der Waals surface area (Å²) in [6.07, 6.45) is 3.68. The maximum absolute atomic E-state index is 12.1. The van der Waals surface area contributed by atoms with Crippen LogP contribution in [0.4, 0.5) is 0 Å². The number of nitrogens with one attached hydrogen (secondary N) is 1. The van der Waals surface area contributed by atoms with E-state index < -0.39 is 0 Å². The fourth-order valence-corrected chi connectivity index (χ4v) is 3.54. The number of amides is 1. The van der Waals surface area contributed by atoms with Crippen molar-refractivity contribution in [3.8, 4) is 0 Å². The van der Waals surface area contributed by atoms with Crippen LogP contribution in [-0.4, -0.2) is 17.3 Å². The average Bonchev–Trinajstić information content (AvgIpc) is 2.75. The van der Waals surface area contributed by atoms with Crippen molar-refractivity contribution >= 4 is 37.8 Å². The fourth-order valence-electron chi connectivity index (χ4n) is 2.39. The molecule has 0 aromatic heterocycles. The van der Waals surface area contributed by atoms with E-state index in [1.807, 2.05) is 25.1 Å². The summed E-state index contributed by atoms with van der Waals surface area (Å²) in [6.45, 7) is 2.72. The summed E-state index contributed by atoms with van der Waals surface area (Å²) in [7, 11) is 0. The quantitative estimate of drug-likeness (QED) is 0.794. The minimum Gasteiger partial charge on any atom is -0.352 e. The SMILES string of the molecule is Cc1c(Br)cccc1C(=O)NCC1CCCC1Br. The number of halogens is 2. The summed E-state index contributed by atoms with van der Waals surface area (Å²) < 4.78 is 0.981. The first-order valence-electron chi connectivity index (χ1n) is 6.27. The topological polar surface area (TPSA) is 29.1 Å². The van der Waals surface area contributed by atoms with Crippen LogP contribution in [-0.2, 0) is 0 Å². The zero-order valence-electron chi connectivity index (χ0n) is 10.4. The van der Waals surface area contributed by atoms with E-state index in [2.05, 4.69) is 37.2 Å². The molecular formula is C14H17Br2NO. The van der Waals surface area contributed by atoms with Gasteiger partial charge in [-0.2, -0.15) is 0 Å². The highest BCUT2D eigenvalue weighted by atomic mass is 79.9. The van der Waals surface area contributed by atoms with E-state index in [-0.39, 0.29) is 5.91 Å². The highest BCUT2D eigenvalue weighted by molar-refractivity contribution is 9.10. The number of benzene rings is 1. The van der Waals surface area contributed by atoms with Crippen molar-refractivity contribution in [3.05, 3.63) is 33.8 Å². The first kappa shape index (κ1) is 14.1. The van der Waals surface area contributed by atoms with Crippen molar-refractivity contribution in [1.82, 2.24) is 5.32 Å². The van der Waals surface area contributed by atoms with Gasteiger partial charge >= 0.3 is 0 Å². The number of carbonyl (C=O) groups is 1. The minimum absolute atomic E-state index is 0.0281. The monoisotopic (exact) mass is 373 g/mol. The third-order valence-corrected chi connectivity index (χ3v) is 5.67. The molecule has 0 spiro atoms. The van der Waals surface area contributed by atoms with E-state index in [1.165, 1.54) is 19.3 Å². The lowest BCUT2D eigenvalue weighted by molar-refractivity contribution is 0.0947. The number of rotatable bonds is 3. The van der Waals surface area contributed by atoms with Crippen molar-refractivity contribution in [3.63, 3.8) is 0 Å². The Hall–Kier alpha value is -0.350. The van der Waals surface area contributed by atoms with Gasteiger partial charge in [-0.25, -0.2) is 0 Å². The first-order valence-corrected chi connectivity index (χ1v) is 7.98. The van der Waals surface area contributed by atoms with Crippen molar-refractivity contribution in [2.45, 2.75) is 31.0 Å². The zero-order chi connectivity index (χ0) is 13.1. The van der Waals surface area contributed by atoms with Crippen LogP contribution >= 0.6 is 31.9 Å². The lowest BCUT2D eigenvalue weighted by atomic mass is 10.1. The summed E-state index contributed by atoms with van der Waals surface area (Å²) >= 11 is 7.13. The van der Waals surface area contributed by atoms with E-state index in [0.29, 0.717) is 10.7 Å². The largest absolute Gasteiger partial charge is 0.352 e. The molecule has 0 radical (unpaired) electrons. The van der Waals surface area contributed by atoms with Crippen LogP contribution in [0.5, 0.6) is 0 Å². The zero-order valence-corrected chi connectivity index (χ0v) is 13.6. The standard InChI is InChI=1S/C14H17Br2NO/c1-9-11(5-3-6-12(9)15)14(18)17-8-10-4-2-7-13(10)16/h3,5-6,10,13H,2,4,7-8H2,1H3,(H,17,18). The molecule has 2 unspecified atom stereocenters. The molecule has 1 N–H and O–H groups in total. The average molecular weight is 375 g/mol. The van der Waals surface area contributed by atoms with E-state index in [9.17, 15) is 4.79 Å². The van der Waals surface area contributed by atoms with Crippen LogP contribution in [0.2, 0.25) is 0 Å². The summed E-state index contributed by atoms with van der Waals surface area (Å²) in [5.41, 5.74) is 1.75. The maximum Gasteiger partial charge on any atom is 0.251 e. The Bertz CT molecular complexity index is 447. The summed E-state index contributed by atoms with van der Waals surface area (Å²) in [6, 6.07) is 5.72. The molecule has 2 rings (SSSR count). The second-order valence-corrected chi connectivity index (χ2v) is 6.86. The lowest BCUT2D eigenvalue weighted by Gasteiger charge is -2.15. The van der Waals surface area contributed by atoms with Crippen LogP contribution in [0.3, 0.4) is 0 Å². The van der Waals surface area contributed by atoms with Crippen molar-refractivity contribution in [2.24, 2.45) is 5.92 Å². The Morgan fingerprint density at radius 1 is 1.44 bits per heavy atom. The summed E-state index contributed by atoms with van der Waals surface area (Å²) in [5.74, 6) is 0.599. The highest BCUT2D eigenvalue weighted by Gasteiger charge is 2.25. The summed E-state index contributed by atoms with van der Waals surface area (Å²) in [4.78, 5) is 12.7. The molecule has 1 fully saturated rings. The van der Waals surface area contributed by atoms with Crippen molar-refractivity contribution in [1.29, 1.82) is 0 Å². The third-order valence-electron chi connectivity index (χ3n) is 3.60.